The Balaban J connectivity index is 2.66. The fourth-order valence-electron chi connectivity index (χ4n) is 0.962. The molecule has 6 heteroatoms. The van der Waals surface area contributed by atoms with Crippen molar-refractivity contribution in [3.63, 3.8) is 0 Å². The van der Waals surface area contributed by atoms with Crippen molar-refractivity contribution in [2.75, 3.05) is 5.32 Å². The number of hydrogen-bond acceptors (Lipinski definition) is 5. The van der Waals surface area contributed by atoms with Gasteiger partial charge in [0.2, 0.25) is 0 Å². The summed E-state index contributed by atoms with van der Waals surface area (Å²) in [7, 11) is 0. The molecule has 0 radical (unpaired) electrons. The molecule has 16 heavy (non-hydrogen) atoms. The Morgan fingerprint density at radius 2 is 2.12 bits per heavy atom. The van der Waals surface area contributed by atoms with Crippen LogP contribution >= 0.6 is 11.3 Å². The first-order chi connectivity index (χ1) is 7.31. The molecule has 0 atom stereocenters. The van der Waals surface area contributed by atoms with E-state index in [4.69, 9.17) is 4.74 Å². The zero-order valence-corrected chi connectivity index (χ0v) is 10.5. The van der Waals surface area contributed by atoms with Crippen LogP contribution in [0.2, 0.25) is 0 Å². The minimum absolute atomic E-state index is 0.344. The second-order valence-electron chi connectivity index (χ2n) is 4.21. The molecule has 1 aromatic heterocycles. The van der Waals surface area contributed by atoms with Crippen LogP contribution < -0.4 is 5.32 Å². The Bertz CT molecular complexity index is 407. The lowest BCUT2D eigenvalue weighted by Crippen LogP contribution is -2.27. The van der Waals surface area contributed by atoms with Gasteiger partial charge >= 0.3 is 6.09 Å². The van der Waals surface area contributed by atoms with Crippen LogP contribution in [-0.4, -0.2) is 23.0 Å². The lowest BCUT2D eigenvalue weighted by atomic mass is 10.2. The maximum atomic E-state index is 11.4. The summed E-state index contributed by atoms with van der Waals surface area (Å²) >= 11 is 1.24. The maximum Gasteiger partial charge on any atom is 0.413 e. The van der Waals surface area contributed by atoms with E-state index in [-0.39, 0.29) is 0 Å². The maximum absolute atomic E-state index is 11.4. The number of hydrogen-bond donors (Lipinski definition) is 1. The number of nitrogens with zero attached hydrogens (tertiary/aromatic N) is 1. The van der Waals surface area contributed by atoms with Gasteiger partial charge in [0.1, 0.15) is 11.3 Å². The molecule has 1 rings (SSSR count). The Hall–Kier alpha value is -1.43. The number of aldehydes is 1. The van der Waals surface area contributed by atoms with E-state index in [1.165, 1.54) is 11.3 Å². The highest BCUT2D eigenvalue weighted by molar-refractivity contribution is 7.16. The highest BCUT2D eigenvalue weighted by Gasteiger charge is 2.17. The van der Waals surface area contributed by atoms with Crippen LogP contribution in [0, 0.1) is 6.92 Å². The van der Waals surface area contributed by atoms with Crippen LogP contribution in [-0.2, 0) is 4.74 Å². The van der Waals surface area contributed by atoms with Gasteiger partial charge in [-0.3, -0.25) is 10.1 Å². The number of aromatic nitrogens is 1. The standard InChI is InChI=1S/C10H14N2O3S/c1-6-7(5-13)11-8(16-6)12-9(14)15-10(2,3)4/h5H,1-4H3,(H,11,12,14). The molecule has 1 heterocycles. The van der Waals surface area contributed by atoms with Gasteiger partial charge in [0.05, 0.1) is 0 Å². The zero-order valence-electron chi connectivity index (χ0n) is 9.66. The SMILES string of the molecule is Cc1sc(NC(=O)OC(C)(C)C)nc1C=O. The third-order valence-corrected chi connectivity index (χ3v) is 2.45. The van der Waals surface area contributed by atoms with Crippen molar-refractivity contribution < 1.29 is 14.3 Å². The molecule has 1 N–H and O–H groups in total. The molecular formula is C10H14N2O3S. The highest BCUT2D eigenvalue weighted by Crippen LogP contribution is 2.21. The minimum atomic E-state index is -0.571. The normalized spacial score (nSPS) is 11.0. The van der Waals surface area contributed by atoms with Gasteiger partial charge in [0.25, 0.3) is 0 Å². The Morgan fingerprint density at radius 3 is 2.56 bits per heavy atom. The van der Waals surface area contributed by atoms with E-state index in [0.29, 0.717) is 17.1 Å². The third-order valence-electron chi connectivity index (χ3n) is 1.55. The number of anilines is 1. The molecule has 0 aliphatic carbocycles. The van der Waals surface area contributed by atoms with Crippen molar-refractivity contribution in [2.45, 2.75) is 33.3 Å². The molecule has 0 saturated carbocycles. The molecule has 0 saturated heterocycles. The van der Waals surface area contributed by atoms with E-state index >= 15 is 0 Å². The van der Waals surface area contributed by atoms with Crippen LogP contribution in [0.25, 0.3) is 0 Å². The molecule has 0 fully saturated rings. The average molecular weight is 242 g/mol. The average Bonchev–Trinajstić information content (AvgIpc) is 2.42. The molecule has 1 aromatic rings. The van der Waals surface area contributed by atoms with Crippen LogP contribution in [0.5, 0.6) is 0 Å². The number of rotatable bonds is 2. The molecular weight excluding hydrogens is 228 g/mol. The molecule has 0 aliphatic heterocycles. The van der Waals surface area contributed by atoms with Crippen molar-refractivity contribution in [3.8, 4) is 0 Å². The largest absolute Gasteiger partial charge is 0.444 e. The van der Waals surface area contributed by atoms with Gasteiger partial charge in [-0.2, -0.15) is 0 Å². The number of ether oxygens (including phenoxy) is 1. The molecule has 0 spiro atoms. The van der Waals surface area contributed by atoms with E-state index in [9.17, 15) is 9.59 Å². The van der Waals surface area contributed by atoms with Gasteiger partial charge in [-0.1, -0.05) is 0 Å². The topological polar surface area (TPSA) is 68.3 Å². The molecule has 1 amide bonds. The number of carbonyl (C=O) groups is 2. The summed E-state index contributed by atoms with van der Waals surface area (Å²) in [6.45, 7) is 7.09. The summed E-state index contributed by atoms with van der Waals surface area (Å²) in [5.41, 5.74) is -0.208. The molecule has 0 unspecified atom stereocenters. The van der Waals surface area contributed by atoms with Crippen molar-refractivity contribution in [3.05, 3.63) is 10.6 Å². The lowest BCUT2D eigenvalue weighted by Gasteiger charge is -2.18. The first-order valence-electron chi connectivity index (χ1n) is 4.74. The van der Waals surface area contributed by atoms with Crippen LogP contribution in [0.4, 0.5) is 9.93 Å². The highest BCUT2D eigenvalue weighted by atomic mass is 32.1. The van der Waals surface area contributed by atoms with E-state index in [1.54, 1.807) is 27.7 Å². The van der Waals surface area contributed by atoms with Gasteiger partial charge in [0.15, 0.2) is 11.4 Å². The number of nitrogens with one attached hydrogen (secondary N) is 1. The number of thiazole rings is 1. The summed E-state index contributed by atoms with van der Waals surface area (Å²) in [4.78, 5) is 26.6. The zero-order chi connectivity index (χ0) is 12.3. The van der Waals surface area contributed by atoms with E-state index in [0.717, 1.165) is 4.88 Å². The predicted molar refractivity (Wildman–Crippen MR) is 62.1 cm³/mol. The van der Waals surface area contributed by atoms with Gasteiger partial charge in [-0.05, 0) is 27.7 Å². The van der Waals surface area contributed by atoms with Crippen LogP contribution in [0.15, 0.2) is 0 Å². The first-order valence-corrected chi connectivity index (χ1v) is 5.56. The van der Waals surface area contributed by atoms with Gasteiger partial charge < -0.3 is 4.74 Å². The summed E-state index contributed by atoms with van der Waals surface area (Å²) in [6.07, 6.45) is 0.0882. The minimum Gasteiger partial charge on any atom is -0.444 e. The Morgan fingerprint density at radius 1 is 1.50 bits per heavy atom. The molecule has 0 aliphatic rings. The third kappa shape index (κ3) is 3.62. The number of aryl methyl sites for hydroxylation is 1. The Labute approximate surface area is 97.8 Å². The Kier molecular flexibility index (Phi) is 3.64. The monoisotopic (exact) mass is 242 g/mol. The van der Waals surface area contributed by atoms with E-state index in [2.05, 4.69) is 10.3 Å². The smallest absolute Gasteiger partial charge is 0.413 e. The number of amides is 1. The van der Waals surface area contributed by atoms with Crippen LogP contribution in [0.3, 0.4) is 0 Å². The van der Waals surface area contributed by atoms with Crippen molar-refractivity contribution in [1.29, 1.82) is 0 Å². The van der Waals surface area contributed by atoms with Crippen molar-refractivity contribution in [2.24, 2.45) is 0 Å². The molecule has 0 aromatic carbocycles. The predicted octanol–water partition coefficient (Wildman–Crippen LogP) is 2.61. The quantitative estimate of drug-likeness (QED) is 0.809. The summed E-state index contributed by atoms with van der Waals surface area (Å²) < 4.78 is 5.05. The fraction of sp³-hybridized carbons (Fsp3) is 0.500. The molecule has 0 bridgehead atoms. The summed E-state index contributed by atoms with van der Waals surface area (Å²) in [5.74, 6) is 0. The van der Waals surface area contributed by atoms with Crippen molar-refractivity contribution in [1.82, 2.24) is 4.98 Å². The molecule has 88 valence electrons. The van der Waals surface area contributed by atoms with Crippen molar-refractivity contribution >= 4 is 28.8 Å². The van der Waals surface area contributed by atoms with Gasteiger partial charge in [-0.15, -0.1) is 11.3 Å². The number of carbonyl (C=O) groups excluding carboxylic acids is 2. The fourth-order valence-corrected chi connectivity index (χ4v) is 1.73. The van der Waals surface area contributed by atoms with E-state index < -0.39 is 11.7 Å². The summed E-state index contributed by atoms with van der Waals surface area (Å²) in [5, 5.41) is 2.85. The lowest BCUT2D eigenvalue weighted by molar-refractivity contribution is 0.0635. The molecule has 5 nitrogen and oxygen atoms in total. The summed E-state index contributed by atoms with van der Waals surface area (Å²) in [6, 6.07) is 0. The second kappa shape index (κ2) is 4.61. The first kappa shape index (κ1) is 12.6. The second-order valence-corrected chi connectivity index (χ2v) is 5.41. The van der Waals surface area contributed by atoms with Crippen LogP contribution in [0.1, 0.15) is 36.1 Å². The van der Waals surface area contributed by atoms with E-state index in [1.807, 2.05) is 0 Å². The van der Waals surface area contributed by atoms with Gasteiger partial charge in [-0.25, -0.2) is 9.78 Å². The van der Waals surface area contributed by atoms with Gasteiger partial charge in [0, 0.05) is 4.88 Å².